The summed E-state index contributed by atoms with van der Waals surface area (Å²) in [6.07, 6.45) is 7.78. The largest absolute Gasteiger partial charge is 0.478 e. The maximum absolute atomic E-state index is 15.0. The Morgan fingerprint density at radius 2 is 2.06 bits per heavy atom. The van der Waals surface area contributed by atoms with E-state index in [1.54, 1.807) is 15.4 Å². The highest BCUT2D eigenvalue weighted by Gasteiger charge is 2.22. The zero-order chi connectivity index (χ0) is 22.4. The predicted octanol–water partition coefficient (Wildman–Crippen LogP) is 3.14. The number of aryl methyl sites for hydroxylation is 2. The molecule has 1 aliphatic rings. The molecule has 0 amide bonds. The Morgan fingerprint density at radius 1 is 1.22 bits per heavy atom. The molecule has 1 fully saturated rings. The first-order valence-electron chi connectivity index (χ1n) is 10.2. The molecular weight excluding hydrogens is 415 g/mol. The van der Waals surface area contributed by atoms with Crippen molar-refractivity contribution in [3.63, 3.8) is 0 Å². The van der Waals surface area contributed by atoms with Crippen LogP contribution in [0.25, 0.3) is 27.9 Å². The van der Waals surface area contributed by atoms with Gasteiger partial charge >= 0.3 is 5.97 Å². The first-order valence-corrected chi connectivity index (χ1v) is 10.2. The Bertz CT molecular complexity index is 1340. The normalized spacial score (nSPS) is 16.0. The van der Waals surface area contributed by atoms with E-state index in [0.29, 0.717) is 30.2 Å². The molecule has 5 rings (SSSR count). The molecule has 164 valence electrons. The summed E-state index contributed by atoms with van der Waals surface area (Å²) < 4.78 is 23.8. The van der Waals surface area contributed by atoms with Crippen LogP contribution in [0.1, 0.15) is 22.3 Å². The van der Waals surface area contributed by atoms with Gasteiger partial charge in [-0.2, -0.15) is 10.2 Å². The van der Waals surface area contributed by atoms with Crippen molar-refractivity contribution in [2.45, 2.75) is 19.4 Å². The molecule has 1 unspecified atom stereocenters. The third kappa shape index (κ3) is 3.48. The molecule has 0 spiro atoms. The minimum absolute atomic E-state index is 0.00619. The van der Waals surface area contributed by atoms with Crippen molar-refractivity contribution < 1.29 is 19.0 Å². The molecule has 0 saturated carbocycles. The molecule has 1 saturated heterocycles. The van der Waals surface area contributed by atoms with Crippen LogP contribution in [0, 0.1) is 12.7 Å². The summed E-state index contributed by atoms with van der Waals surface area (Å²) in [6, 6.07) is 2.73. The molecule has 1 aromatic carbocycles. The van der Waals surface area contributed by atoms with Crippen LogP contribution in [0.5, 0.6) is 0 Å². The number of hydrogen-bond donors (Lipinski definition) is 2. The van der Waals surface area contributed by atoms with Crippen molar-refractivity contribution in [1.82, 2.24) is 24.4 Å². The van der Waals surface area contributed by atoms with Crippen LogP contribution in [0.3, 0.4) is 0 Å². The molecule has 1 aliphatic heterocycles. The second kappa shape index (κ2) is 7.72. The van der Waals surface area contributed by atoms with E-state index < -0.39 is 11.8 Å². The topological polar surface area (TPSA) is 107 Å². The monoisotopic (exact) mass is 436 g/mol. The maximum atomic E-state index is 15.0. The quantitative estimate of drug-likeness (QED) is 0.495. The number of carboxylic acids is 1. The van der Waals surface area contributed by atoms with E-state index in [1.807, 2.05) is 19.4 Å². The predicted molar refractivity (Wildman–Crippen MR) is 115 cm³/mol. The summed E-state index contributed by atoms with van der Waals surface area (Å²) in [4.78, 5) is 16.3. The second-order valence-corrected chi connectivity index (χ2v) is 7.90. The Kier molecular flexibility index (Phi) is 4.86. The molecule has 0 aliphatic carbocycles. The number of benzene rings is 1. The van der Waals surface area contributed by atoms with Gasteiger partial charge in [0.2, 0.25) is 0 Å². The van der Waals surface area contributed by atoms with E-state index in [4.69, 9.17) is 9.72 Å². The highest BCUT2D eigenvalue weighted by atomic mass is 19.1. The van der Waals surface area contributed by atoms with Gasteiger partial charge in [0.25, 0.3) is 0 Å². The number of nitrogens with zero attached hydrogens (tertiary/aromatic N) is 5. The number of anilines is 1. The molecule has 0 radical (unpaired) electrons. The highest BCUT2D eigenvalue weighted by molar-refractivity contribution is 5.91. The van der Waals surface area contributed by atoms with E-state index in [0.717, 1.165) is 17.5 Å². The first kappa shape index (κ1) is 20.1. The molecular formula is C22H21FN6O3. The van der Waals surface area contributed by atoms with Crippen LogP contribution in [-0.4, -0.2) is 54.7 Å². The van der Waals surface area contributed by atoms with Crippen molar-refractivity contribution in [2.75, 3.05) is 18.5 Å². The van der Waals surface area contributed by atoms with Crippen molar-refractivity contribution in [1.29, 1.82) is 0 Å². The van der Waals surface area contributed by atoms with E-state index in [1.165, 1.54) is 25.3 Å². The average molecular weight is 436 g/mol. The van der Waals surface area contributed by atoms with Gasteiger partial charge in [0.05, 0.1) is 30.6 Å². The number of carbonyl (C=O) groups is 1. The number of ether oxygens (including phenoxy) is 1. The van der Waals surface area contributed by atoms with Crippen molar-refractivity contribution >= 4 is 17.4 Å². The molecule has 3 aromatic heterocycles. The number of fused-ring (bicyclic) bond motifs is 1. The van der Waals surface area contributed by atoms with Gasteiger partial charge in [-0.3, -0.25) is 4.68 Å². The van der Waals surface area contributed by atoms with E-state index in [-0.39, 0.29) is 22.7 Å². The van der Waals surface area contributed by atoms with Gasteiger partial charge in [0, 0.05) is 48.3 Å². The summed E-state index contributed by atoms with van der Waals surface area (Å²) in [5, 5.41) is 21.5. The second-order valence-electron chi connectivity index (χ2n) is 7.90. The fourth-order valence-electron chi connectivity index (χ4n) is 3.91. The minimum Gasteiger partial charge on any atom is -0.478 e. The molecule has 2 N–H and O–H groups in total. The lowest BCUT2D eigenvalue weighted by Gasteiger charge is -2.15. The molecule has 9 nitrogen and oxygen atoms in total. The molecule has 4 aromatic rings. The number of carboxylic acid groups (broad SMARTS) is 1. The summed E-state index contributed by atoms with van der Waals surface area (Å²) in [7, 11) is 1.83. The summed E-state index contributed by atoms with van der Waals surface area (Å²) >= 11 is 0. The SMILES string of the molecule is Cc1cc(C(=O)O)cc(-c2cnn3cc(-c4cnn(C)c4)c(NC4CCOC4)nc23)c1F. The first-order chi connectivity index (χ1) is 15.4. The lowest BCUT2D eigenvalue weighted by atomic mass is 10.0. The van der Waals surface area contributed by atoms with Crippen LogP contribution in [0.2, 0.25) is 0 Å². The number of nitrogens with one attached hydrogen (secondary N) is 1. The van der Waals surface area contributed by atoms with Crippen LogP contribution in [0.15, 0.2) is 36.9 Å². The third-order valence-electron chi connectivity index (χ3n) is 5.57. The average Bonchev–Trinajstić information content (AvgIpc) is 3.51. The zero-order valence-corrected chi connectivity index (χ0v) is 17.5. The Labute approximate surface area is 182 Å². The van der Waals surface area contributed by atoms with Gasteiger partial charge in [-0.25, -0.2) is 18.7 Å². The summed E-state index contributed by atoms with van der Waals surface area (Å²) in [5.74, 6) is -1.02. The van der Waals surface area contributed by atoms with Crippen LogP contribution < -0.4 is 5.32 Å². The maximum Gasteiger partial charge on any atom is 0.335 e. The van der Waals surface area contributed by atoms with Crippen molar-refractivity contribution in [3.05, 3.63) is 53.9 Å². The van der Waals surface area contributed by atoms with Gasteiger partial charge in [-0.15, -0.1) is 0 Å². The molecule has 32 heavy (non-hydrogen) atoms. The van der Waals surface area contributed by atoms with Crippen molar-refractivity contribution in [3.8, 4) is 22.3 Å². The van der Waals surface area contributed by atoms with Gasteiger partial charge < -0.3 is 15.2 Å². The number of hydrogen-bond acceptors (Lipinski definition) is 6. The van der Waals surface area contributed by atoms with E-state index >= 15 is 4.39 Å². The summed E-state index contributed by atoms with van der Waals surface area (Å²) in [5.41, 5.74) is 2.88. The standard InChI is InChI=1S/C22H21FN6O3/c1-12-5-13(22(30)31)6-16(19(12)23)17-8-25-29-10-18(14-7-24-28(2)9-14)20(27-21(17)29)26-15-3-4-32-11-15/h5-10,15H,3-4,11H2,1-2H3,(H,26,27)(H,30,31). The fraction of sp³-hybridized carbons (Fsp3) is 0.273. The van der Waals surface area contributed by atoms with Crippen LogP contribution in [0.4, 0.5) is 10.2 Å². The van der Waals surface area contributed by atoms with E-state index in [2.05, 4.69) is 15.5 Å². The number of aromatic carboxylic acids is 1. The Morgan fingerprint density at radius 3 is 2.75 bits per heavy atom. The Balaban J connectivity index is 1.69. The molecule has 10 heteroatoms. The fourth-order valence-corrected chi connectivity index (χ4v) is 3.91. The Hall–Kier alpha value is -3.79. The smallest absolute Gasteiger partial charge is 0.335 e. The zero-order valence-electron chi connectivity index (χ0n) is 17.5. The van der Waals surface area contributed by atoms with Gasteiger partial charge in [0.1, 0.15) is 11.6 Å². The van der Waals surface area contributed by atoms with Crippen molar-refractivity contribution in [2.24, 2.45) is 7.05 Å². The number of rotatable bonds is 5. The minimum atomic E-state index is -1.12. The van der Waals surface area contributed by atoms with Gasteiger partial charge in [-0.05, 0) is 31.0 Å². The highest BCUT2D eigenvalue weighted by Crippen LogP contribution is 2.33. The van der Waals surface area contributed by atoms with Crippen LogP contribution >= 0.6 is 0 Å². The molecule has 1 atom stereocenters. The van der Waals surface area contributed by atoms with E-state index in [9.17, 15) is 9.90 Å². The summed E-state index contributed by atoms with van der Waals surface area (Å²) in [6.45, 7) is 2.78. The van der Waals surface area contributed by atoms with Gasteiger partial charge in [0.15, 0.2) is 5.65 Å². The van der Waals surface area contributed by atoms with Gasteiger partial charge in [-0.1, -0.05) is 0 Å². The lowest BCUT2D eigenvalue weighted by Crippen LogP contribution is -2.20. The lowest BCUT2D eigenvalue weighted by molar-refractivity contribution is 0.0696. The molecule has 4 heterocycles. The van der Waals surface area contributed by atoms with Crippen LogP contribution in [-0.2, 0) is 11.8 Å². The number of aromatic nitrogens is 5. The third-order valence-corrected chi connectivity index (χ3v) is 5.57. The number of halogens is 1. The molecule has 0 bridgehead atoms.